The van der Waals surface area contributed by atoms with Crippen LogP contribution in [0.15, 0.2) is 59.7 Å². The highest BCUT2D eigenvalue weighted by atomic mass is 16.6. The topological polar surface area (TPSA) is 119 Å². The molecule has 0 aromatic heterocycles. The summed E-state index contributed by atoms with van der Waals surface area (Å²) in [6, 6.07) is 15.1. The van der Waals surface area contributed by atoms with Crippen molar-refractivity contribution in [1.29, 1.82) is 0 Å². The van der Waals surface area contributed by atoms with Crippen LogP contribution in [0.2, 0.25) is 0 Å². The average molecular weight is 438 g/mol. The number of anilines is 1. The van der Waals surface area contributed by atoms with E-state index < -0.39 is 29.9 Å². The maximum Gasteiger partial charge on any atom is 0.354 e. The zero-order valence-electron chi connectivity index (χ0n) is 17.3. The van der Waals surface area contributed by atoms with Gasteiger partial charge >= 0.3 is 5.97 Å². The van der Waals surface area contributed by atoms with Gasteiger partial charge in [-0.05, 0) is 31.2 Å². The number of rotatable bonds is 5. The summed E-state index contributed by atoms with van der Waals surface area (Å²) >= 11 is 0. The Balaban J connectivity index is 1.40. The van der Waals surface area contributed by atoms with Gasteiger partial charge in [-0.3, -0.25) is 25.4 Å². The fourth-order valence-electron chi connectivity index (χ4n) is 3.31. The number of nitrogens with zero attached hydrogens (tertiary/aromatic N) is 2. The van der Waals surface area contributed by atoms with E-state index in [1.54, 1.807) is 55.5 Å². The number of para-hydroxylation sites is 3. The minimum Gasteiger partial charge on any atom is -0.485 e. The first-order valence-electron chi connectivity index (χ1n) is 10.1. The Kier molecular flexibility index (Phi) is 6.20. The molecule has 2 heterocycles. The van der Waals surface area contributed by atoms with Crippen LogP contribution in [0.5, 0.6) is 11.5 Å². The van der Waals surface area contributed by atoms with E-state index in [2.05, 4.69) is 16.0 Å². The van der Waals surface area contributed by atoms with Gasteiger partial charge in [-0.2, -0.15) is 5.10 Å². The number of hydrogen-bond acceptors (Lipinski definition) is 8. The summed E-state index contributed by atoms with van der Waals surface area (Å²) in [7, 11) is 0. The van der Waals surface area contributed by atoms with Crippen LogP contribution in [0.1, 0.15) is 13.3 Å². The number of amides is 2. The molecule has 2 aliphatic heterocycles. The number of carbonyl (C=O) groups is 3. The van der Waals surface area contributed by atoms with Crippen molar-refractivity contribution in [2.75, 3.05) is 18.2 Å². The molecule has 0 fully saturated rings. The lowest BCUT2D eigenvalue weighted by atomic mass is 10.1. The van der Waals surface area contributed by atoms with Gasteiger partial charge in [0.2, 0.25) is 6.10 Å². The minimum absolute atomic E-state index is 0.00834. The molecule has 2 amide bonds. The van der Waals surface area contributed by atoms with E-state index in [9.17, 15) is 14.4 Å². The second-order valence-electron chi connectivity index (χ2n) is 7.01. The molecule has 10 nitrogen and oxygen atoms in total. The van der Waals surface area contributed by atoms with E-state index in [0.29, 0.717) is 17.2 Å². The minimum atomic E-state index is -0.926. The van der Waals surface area contributed by atoms with Crippen molar-refractivity contribution in [1.82, 2.24) is 10.9 Å². The van der Waals surface area contributed by atoms with Crippen LogP contribution < -0.4 is 25.3 Å². The second-order valence-corrected chi connectivity index (χ2v) is 7.01. The first kappa shape index (κ1) is 21.2. The van der Waals surface area contributed by atoms with Gasteiger partial charge in [-0.15, -0.1) is 0 Å². The highest BCUT2D eigenvalue weighted by Gasteiger charge is 2.37. The van der Waals surface area contributed by atoms with Crippen LogP contribution in [-0.4, -0.2) is 48.9 Å². The molecule has 166 valence electrons. The third-order valence-electron chi connectivity index (χ3n) is 4.85. The molecule has 0 aliphatic carbocycles. The second kappa shape index (κ2) is 9.38. The SMILES string of the molecule is CCOC(=O)C1=NN(c2ccccc2)C(C(=O)NNC(=O)C2COc3ccccc3O2)C1. The molecular formula is C22H22N4O6. The Morgan fingerprint density at radius 3 is 2.47 bits per heavy atom. The zero-order valence-corrected chi connectivity index (χ0v) is 17.3. The molecule has 0 radical (unpaired) electrons. The number of hydrogen-bond donors (Lipinski definition) is 2. The normalized spacial score (nSPS) is 19.0. The van der Waals surface area contributed by atoms with Crippen molar-refractivity contribution in [3.05, 3.63) is 54.6 Å². The predicted octanol–water partition coefficient (Wildman–Crippen LogP) is 1.17. The number of fused-ring (bicyclic) bond motifs is 1. The summed E-state index contributed by atoms with van der Waals surface area (Å²) in [5.74, 6) is -0.692. The van der Waals surface area contributed by atoms with E-state index in [4.69, 9.17) is 14.2 Å². The van der Waals surface area contributed by atoms with Crippen molar-refractivity contribution in [2.45, 2.75) is 25.5 Å². The fraction of sp³-hybridized carbons (Fsp3) is 0.273. The molecule has 0 bridgehead atoms. The van der Waals surface area contributed by atoms with E-state index in [1.807, 2.05) is 6.07 Å². The largest absolute Gasteiger partial charge is 0.485 e. The predicted molar refractivity (Wildman–Crippen MR) is 114 cm³/mol. The summed E-state index contributed by atoms with van der Waals surface area (Å²) in [6.45, 7) is 1.90. The molecule has 0 spiro atoms. The van der Waals surface area contributed by atoms with Gasteiger partial charge in [0, 0.05) is 6.42 Å². The maximum atomic E-state index is 12.9. The van der Waals surface area contributed by atoms with Crippen LogP contribution in [-0.2, 0) is 19.1 Å². The Bertz CT molecular complexity index is 1040. The van der Waals surface area contributed by atoms with Gasteiger partial charge in [-0.1, -0.05) is 30.3 Å². The Morgan fingerprint density at radius 2 is 1.72 bits per heavy atom. The van der Waals surface area contributed by atoms with Gasteiger partial charge in [0.15, 0.2) is 11.5 Å². The molecule has 4 rings (SSSR count). The zero-order chi connectivity index (χ0) is 22.5. The molecular weight excluding hydrogens is 416 g/mol. The molecule has 0 saturated carbocycles. The molecule has 32 heavy (non-hydrogen) atoms. The fourth-order valence-corrected chi connectivity index (χ4v) is 3.31. The molecule has 10 heteroatoms. The van der Waals surface area contributed by atoms with Crippen LogP contribution in [0.3, 0.4) is 0 Å². The third kappa shape index (κ3) is 4.48. The van der Waals surface area contributed by atoms with E-state index in [0.717, 1.165) is 0 Å². The molecule has 2 unspecified atom stereocenters. The van der Waals surface area contributed by atoms with Gasteiger partial charge in [-0.25, -0.2) is 4.79 Å². The van der Waals surface area contributed by atoms with Crippen LogP contribution in [0.25, 0.3) is 0 Å². The van der Waals surface area contributed by atoms with Crippen molar-refractivity contribution in [2.24, 2.45) is 5.10 Å². The number of hydrazone groups is 1. The quantitative estimate of drug-likeness (QED) is 0.531. The van der Waals surface area contributed by atoms with E-state index in [1.165, 1.54) is 5.01 Å². The molecule has 2 N–H and O–H groups in total. The summed E-state index contributed by atoms with van der Waals surface area (Å²) in [5.41, 5.74) is 5.51. The lowest BCUT2D eigenvalue weighted by Crippen LogP contribution is -2.54. The standard InChI is InChI=1S/C22H22N4O6/c1-2-30-22(29)15-12-16(26(25-15)14-8-4-3-5-9-14)20(27)23-24-21(28)19-13-31-17-10-6-7-11-18(17)32-19/h3-11,16,19H,2,12-13H2,1H3,(H,23,27)(H,24,28). The van der Waals surface area contributed by atoms with Crippen molar-refractivity contribution < 1.29 is 28.6 Å². The van der Waals surface area contributed by atoms with E-state index in [-0.39, 0.29) is 25.3 Å². The number of carbonyl (C=O) groups excluding carboxylic acids is 3. The number of esters is 1. The molecule has 0 saturated heterocycles. The lowest BCUT2D eigenvalue weighted by Gasteiger charge is -2.26. The summed E-state index contributed by atoms with van der Waals surface area (Å²) < 4.78 is 16.2. The van der Waals surface area contributed by atoms with Crippen molar-refractivity contribution in [3.63, 3.8) is 0 Å². The molecule has 2 aromatic carbocycles. The molecule has 2 aromatic rings. The monoisotopic (exact) mass is 438 g/mol. The van der Waals surface area contributed by atoms with Crippen LogP contribution >= 0.6 is 0 Å². The molecule has 2 aliphatic rings. The number of benzene rings is 2. The third-order valence-corrected chi connectivity index (χ3v) is 4.85. The smallest absolute Gasteiger partial charge is 0.354 e. The van der Waals surface area contributed by atoms with Gasteiger partial charge < -0.3 is 14.2 Å². The number of hydrazine groups is 1. The Hall–Kier alpha value is -4.08. The van der Waals surface area contributed by atoms with Crippen molar-refractivity contribution in [3.8, 4) is 11.5 Å². The van der Waals surface area contributed by atoms with Gasteiger partial charge in [0.05, 0.1) is 12.3 Å². The summed E-state index contributed by atoms with van der Waals surface area (Å²) in [6.07, 6.45) is -0.892. The Labute approximate surface area is 184 Å². The van der Waals surface area contributed by atoms with Crippen LogP contribution in [0, 0.1) is 0 Å². The van der Waals surface area contributed by atoms with Gasteiger partial charge in [0.1, 0.15) is 18.4 Å². The van der Waals surface area contributed by atoms with E-state index >= 15 is 0 Å². The Morgan fingerprint density at radius 1 is 1.03 bits per heavy atom. The first-order valence-corrected chi connectivity index (χ1v) is 10.1. The lowest BCUT2D eigenvalue weighted by molar-refractivity contribution is -0.136. The first-order chi connectivity index (χ1) is 15.6. The summed E-state index contributed by atoms with van der Waals surface area (Å²) in [4.78, 5) is 37.5. The van der Waals surface area contributed by atoms with Crippen LogP contribution in [0.4, 0.5) is 5.69 Å². The molecule has 2 atom stereocenters. The number of nitrogens with one attached hydrogen (secondary N) is 2. The highest BCUT2D eigenvalue weighted by Crippen LogP contribution is 2.31. The summed E-state index contributed by atoms with van der Waals surface area (Å²) in [5, 5.41) is 5.71. The van der Waals surface area contributed by atoms with Crippen molar-refractivity contribution >= 4 is 29.2 Å². The van der Waals surface area contributed by atoms with Gasteiger partial charge in [0.25, 0.3) is 11.8 Å². The number of ether oxygens (including phenoxy) is 3. The maximum absolute atomic E-state index is 12.9. The highest BCUT2D eigenvalue weighted by molar-refractivity contribution is 6.38. The average Bonchev–Trinajstić information content (AvgIpc) is 3.28.